The van der Waals surface area contributed by atoms with Gasteiger partial charge in [0.1, 0.15) is 12.2 Å². The minimum atomic E-state index is -1.25. The lowest BCUT2D eigenvalue weighted by Crippen LogP contribution is -2.05. The molecule has 1 aromatic heterocycles. The molecule has 0 aliphatic carbocycles. The monoisotopic (exact) mass is 237 g/mol. The van der Waals surface area contributed by atoms with Crippen molar-refractivity contribution in [3.8, 4) is 5.75 Å². The standard InChI is InChI=1S/C11H8FNO4/c12-9-3-1-2-8(11(14)15)10(9)16-6-7-4-5-13-17-7/h1-5H,6H2,(H,14,15). The van der Waals surface area contributed by atoms with Crippen molar-refractivity contribution >= 4 is 5.97 Å². The number of benzene rings is 1. The fraction of sp³-hybridized carbons (Fsp3) is 0.0909. The zero-order valence-electron chi connectivity index (χ0n) is 8.59. The highest BCUT2D eigenvalue weighted by atomic mass is 19.1. The average molecular weight is 237 g/mol. The molecule has 0 saturated heterocycles. The Balaban J connectivity index is 2.22. The van der Waals surface area contributed by atoms with Crippen molar-refractivity contribution < 1.29 is 23.6 Å². The highest BCUT2D eigenvalue weighted by Crippen LogP contribution is 2.23. The highest BCUT2D eigenvalue weighted by molar-refractivity contribution is 5.90. The molecule has 6 heteroatoms. The van der Waals surface area contributed by atoms with Gasteiger partial charge in [-0.1, -0.05) is 11.2 Å². The summed E-state index contributed by atoms with van der Waals surface area (Å²) in [4.78, 5) is 10.9. The molecule has 2 aromatic rings. The molecule has 88 valence electrons. The molecule has 0 aliphatic heterocycles. The zero-order chi connectivity index (χ0) is 12.3. The van der Waals surface area contributed by atoms with Crippen molar-refractivity contribution in [2.24, 2.45) is 0 Å². The Morgan fingerprint density at radius 2 is 2.29 bits per heavy atom. The van der Waals surface area contributed by atoms with E-state index in [9.17, 15) is 9.18 Å². The van der Waals surface area contributed by atoms with Crippen molar-refractivity contribution in [2.45, 2.75) is 6.61 Å². The Morgan fingerprint density at radius 3 is 2.94 bits per heavy atom. The molecule has 2 rings (SSSR count). The molecule has 5 nitrogen and oxygen atoms in total. The van der Waals surface area contributed by atoms with E-state index in [1.54, 1.807) is 6.07 Å². The van der Waals surface area contributed by atoms with Gasteiger partial charge in [-0.05, 0) is 12.1 Å². The number of hydrogen-bond acceptors (Lipinski definition) is 4. The van der Waals surface area contributed by atoms with E-state index in [2.05, 4.69) is 5.16 Å². The topological polar surface area (TPSA) is 72.6 Å². The lowest BCUT2D eigenvalue weighted by molar-refractivity contribution is 0.0689. The lowest BCUT2D eigenvalue weighted by atomic mass is 10.2. The molecule has 1 aromatic carbocycles. The van der Waals surface area contributed by atoms with Crippen LogP contribution in [0, 0.1) is 5.82 Å². The van der Waals surface area contributed by atoms with Crippen LogP contribution in [0.4, 0.5) is 4.39 Å². The van der Waals surface area contributed by atoms with Gasteiger partial charge in [-0.15, -0.1) is 0 Å². The summed E-state index contributed by atoms with van der Waals surface area (Å²) in [5, 5.41) is 12.3. The van der Waals surface area contributed by atoms with Crippen LogP contribution in [-0.4, -0.2) is 16.2 Å². The summed E-state index contributed by atoms with van der Waals surface area (Å²) >= 11 is 0. The number of hydrogen-bond donors (Lipinski definition) is 1. The molecule has 0 fully saturated rings. The van der Waals surface area contributed by atoms with E-state index in [4.69, 9.17) is 14.4 Å². The maximum atomic E-state index is 13.4. The first-order valence-electron chi connectivity index (χ1n) is 4.72. The van der Waals surface area contributed by atoms with Crippen molar-refractivity contribution in [1.82, 2.24) is 5.16 Å². The molecule has 17 heavy (non-hydrogen) atoms. The van der Waals surface area contributed by atoms with Gasteiger partial charge in [0.2, 0.25) is 0 Å². The van der Waals surface area contributed by atoms with Crippen LogP contribution in [0.1, 0.15) is 16.1 Å². The van der Waals surface area contributed by atoms with E-state index in [0.717, 1.165) is 6.07 Å². The Morgan fingerprint density at radius 1 is 1.47 bits per heavy atom. The molecule has 1 heterocycles. The maximum absolute atomic E-state index is 13.4. The van der Waals surface area contributed by atoms with Crippen LogP contribution in [-0.2, 0) is 6.61 Å². The fourth-order valence-corrected chi connectivity index (χ4v) is 1.28. The van der Waals surface area contributed by atoms with E-state index in [1.807, 2.05) is 0 Å². The first-order valence-corrected chi connectivity index (χ1v) is 4.72. The second-order valence-electron chi connectivity index (χ2n) is 3.19. The molecule has 0 aliphatic rings. The predicted octanol–water partition coefficient (Wildman–Crippen LogP) is 2.09. The number of halogens is 1. The summed E-state index contributed by atoms with van der Waals surface area (Å²) in [7, 11) is 0. The minimum Gasteiger partial charge on any atom is -0.482 e. The van der Waals surface area contributed by atoms with Crippen molar-refractivity contribution in [2.75, 3.05) is 0 Å². The van der Waals surface area contributed by atoms with E-state index >= 15 is 0 Å². The molecule has 1 N–H and O–H groups in total. The van der Waals surface area contributed by atoms with Gasteiger partial charge in [-0.3, -0.25) is 0 Å². The molecule has 0 bridgehead atoms. The van der Waals surface area contributed by atoms with Crippen LogP contribution < -0.4 is 4.74 Å². The van der Waals surface area contributed by atoms with Gasteiger partial charge >= 0.3 is 5.97 Å². The first kappa shape index (κ1) is 11.1. The number of aromatic carboxylic acids is 1. The second kappa shape index (κ2) is 4.65. The molecule has 0 unspecified atom stereocenters. The summed E-state index contributed by atoms with van der Waals surface area (Å²) in [5.74, 6) is -1.91. The molecular formula is C11H8FNO4. The Bertz CT molecular complexity index is 524. The third-order valence-electron chi connectivity index (χ3n) is 2.05. The van der Waals surface area contributed by atoms with Crippen LogP contribution in [0.15, 0.2) is 35.0 Å². The van der Waals surface area contributed by atoms with Crippen LogP contribution in [0.5, 0.6) is 5.75 Å². The largest absolute Gasteiger partial charge is 0.482 e. The van der Waals surface area contributed by atoms with Gasteiger partial charge in [0.25, 0.3) is 0 Å². The van der Waals surface area contributed by atoms with Crippen LogP contribution in [0.3, 0.4) is 0 Å². The van der Waals surface area contributed by atoms with Crippen molar-refractivity contribution in [3.05, 3.63) is 47.6 Å². The molecular weight excluding hydrogens is 229 g/mol. The number of carboxylic acid groups (broad SMARTS) is 1. The SMILES string of the molecule is O=C(O)c1cccc(F)c1OCc1ccno1. The van der Waals surface area contributed by atoms with E-state index in [0.29, 0.717) is 5.76 Å². The van der Waals surface area contributed by atoms with Gasteiger partial charge < -0.3 is 14.4 Å². The average Bonchev–Trinajstić information content (AvgIpc) is 2.80. The fourth-order valence-electron chi connectivity index (χ4n) is 1.28. The molecule has 0 saturated carbocycles. The lowest BCUT2D eigenvalue weighted by Gasteiger charge is -2.08. The summed E-state index contributed by atoms with van der Waals surface area (Å²) in [6.07, 6.45) is 1.41. The molecule has 0 spiro atoms. The number of ether oxygens (including phenoxy) is 1. The molecule has 0 amide bonds. The summed E-state index contributed by atoms with van der Waals surface area (Å²) < 4.78 is 23.2. The van der Waals surface area contributed by atoms with E-state index < -0.39 is 11.8 Å². The molecule has 0 radical (unpaired) electrons. The number of para-hydroxylation sites is 1. The van der Waals surface area contributed by atoms with Gasteiger partial charge in [0.15, 0.2) is 17.3 Å². The summed E-state index contributed by atoms with van der Waals surface area (Å²) in [6.45, 7) is -0.0821. The smallest absolute Gasteiger partial charge is 0.339 e. The van der Waals surface area contributed by atoms with Crippen LogP contribution in [0.2, 0.25) is 0 Å². The third-order valence-corrected chi connectivity index (χ3v) is 2.05. The summed E-state index contributed by atoms with van der Waals surface area (Å²) in [5.41, 5.74) is -0.232. The predicted molar refractivity (Wildman–Crippen MR) is 54.2 cm³/mol. The van der Waals surface area contributed by atoms with Crippen molar-refractivity contribution in [1.29, 1.82) is 0 Å². The number of carbonyl (C=O) groups is 1. The third kappa shape index (κ3) is 2.41. The Labute approximate surface area is 95.4 Å². The number of aromatic nitrogens is 1. The van der Waals surface area contributed by atoms with Gasteiger partial charge in [-0.2, -0.15) is 0 Å². The number of nitrogens with zero attached hydrogens (tertiary/aromatic N) is 1. The van der Waals surface area contributed by atoms with E-state index in [1.165, 1.54) is 18.3 Å². The zero-order valence-corrected chi connectivity index (χ0v) is 8.59. The van der Waals surface area contributed by atoms with Gasteiger partial charge in [0.05, 0.1) is 6.20 Å². The van der Waals surface area contributed by atoms with Gasteiger partial charge in [0, 0.05) is 6.07 Å². The minimum absolute atomic E-state index is 0.0821. The maximum Gasteiger partial charge on any atom is 0.339 e. The highest BCUT2D eigenvalue weighted by Gasteiger charge is 2.16. The van der Waals surface area contributed by atoms with E-state index in [-0.39, 0.29) is 17.9 Å². The van der Waals surface area contributed by atoms with Crippen LogP contribution >= 0.6 is 0 Å². The van der Waals surface area contributed by atoms with Gasteiger partial charge in [-0.25, -0.2) is 9.18 Å². The second-order valence-corrected chi connectivity index (χ2v) is 3.19. The Kier molecular flexibility index (Phi) is 3.04. The van der Waals surface area contributed by atoms with Crippen molar-refractivity contribution in [3.63, 3.8) is 0 Å². The molecule has 0 atom stereocenters. The summed E-state index contributed by atoms with van der Waals surface area (Å²) in [6, 6.07) is 5.24. The normalized spacial score (nSPS) is 10.2. The number of rotatable bonds is 4. The van der Waals surface area contributed by atoms with Crippen LogP contribution in [0.25, 0.3) is 0 Å². The quantitative estimate of drug-likeness (QED) is 0.881. The number of carboxylic acids is 1. The Hall–Kier alpha value is -2.37. The first-order chi connectivity index (χ1) is 8.18.